The summed E-state index contributed by atoms with van der Waals surface area (Å²) in [5, 5.41) is 12.2. The molecule has 4 atom stereocenters. The Morgan fingerprint density at radius 1 is 1.29 bits per heavy atom. The molecule has 0 spiro atoms. The number of urea groups is 1. The molecule has 0 radical (unpaired) electrons. The zero-order valence-electron chi connectivity index (χ0n) is 12.0. The number of nitrogens with one attached hydrogen (secondary N) is 1. The van der Waals surface area contributed by atoms with Crippen molar-refractivity contribution < 1.29 is 14.7 Å². The van der Waals surface area contributed by atoms with Crippen LogP contribution in [0.2, 0.25) is 0 Å². The molecule has 1 aromatic carbocycles. The second kappa shape index (κ2) is 5.39. The number of carbonyl (C=O) groups excluding carboxylic acids is 1. The summed E-state index contributed by atoms with van der Waals surface area (Å²) in [6.45, 7) is 1.94. The second-order valence-corrected chi connectivity index (χ2v) is 5.97. The van der Waals surface area contributed by atoms with Gasteiger partial charge in [-0.25, -0.2) is 4.79 Å². The Labute approximate surface area is 123 Å². The minimum atomic E-state index is -0.781. The first kappa shape index (κ1) is 13.9. The summed E-state index contributed by atoms with van der Waals surface area (Å²) in [6, 6.07) is 9.50. The number of nitrogens with zero attached hydrogens (tertiary/aromatic N) is 1. The van der Waals surface area contributed by atoms with Crippen LogP contribution in [-0.2, 0) is 4.79 Å². The molecule has 1 aromatic rings. The molecule has 2 amide bonds. The van der Waals surface area contributed by atoms with Gasteiger partial charge in [0.05, 0.1) is 12.0 Å². The van der Waals surface area contributed by atoms with Crippen LogP contribution in [0.25, 0.3) is 0 Å². The van der Waals surface area contributed by atoms with Gasteiger partial charge in [-0.3, -0.25) is 4.79 Å². The van der Waals surface area contributed by atoms with Crippen molar-refractivity contribution in [2.45, 2.75) is 44.3 Å². The third kappa shape index (κ3) is 2.48. The Morgan fingerprint density at radius 2 is 2.00 bits per heavy atom. The zero-order valence-corrected chi connectivity index (χ0v) is 12.0. The molecule has 2 N–H and O–H groups in total. The van der Waals surface area contributed by atoms with Gasteiger partial charge in [-0.05, 0) is 31.7 Å². The average Bonchev–Trinajstić information content (AvgIpc) is 3.05. The van der Waals surface area contributed by atoms with Crippen LogP contribution >= 0.6 is 0 Å². The Morgan fingerprint density at radius 3 is 2.62 bits per heavy atom. The van der Waals surface area contributed by atoms with Crippen LogP contribution in [0.15, 0.2) is 30.3 Å². The van der Waals surface area contributed by atoms with E-state index in [0.29, 0.717) is 6.42 Å². The Hall–Kier alpha value is -2.04. The monoisotopic (exact) mass is 288 g/mol. The van der Waals surface area contributed by atoms with E-state index in [1.165, 1.54) is 0 Å². The summed E-state index contributed by atoms with van der Waals surface area (Å²) < 4.78 is 0. The molecule has 4 unspecified atom stereocenters. The fraction of sp³-hybridized carbons (Fsp3) is 0.500. The van der Waals surface area contributed by atoms with E-state index in [-0.39, 0.29) is 24.2 Å². The lowest BCUT2D eigenvalue weighted by Gasteiger charge is -2.25. The van der Waals surface area contributed by atoms with Crippen molar-refractivity contribution in [1.82, 2.24) is 10.2 Å². The van der Waals surface area contributed by atoms with Gasteiger partial charge in [0.2, 0.25) is 0 Å². The number of carbonyl (C=O) groups is 2. The number of aliphatic carboxylic acids is 1. The highest BCUT2D eigenvalue weighted by atomic mass is 16.4. The Balaban J connectivity index is 1.68. The van der Waals surface area contributed by atoms with Gasteiger partial charge < -0.3 is 15.3 Å². The summed E-state index contributed by atoms with van der Waals surface area (Å²) in [4.78, 5) is 25.5. The molecular weight excluding hydrogens is 268 g/mol. The van der Waals surface area contributed by atoms with Gasteiger partial charge in [-0.2, -0.15) is 0 Å². The molecule has 2 fully saturated rings. The summed E-state index contributed by atoms with van der Waals surface area (Å²) in [6.07, 6.45) is 2.31. The summed E-state index contributed by atoms with van der Waals surface area (Å²) in [7, 11) is 0. The number of carboxylic acid groups (broad SMARTS) is 1. The van der Waals surface area contributed by atoms with Crippen LogP contribution in [0.5, 0.6) is 0 Å². The van der Waals surface area contributed by atoms with Gasteiger partial charge in [0.15, 0.2) is 0 Å². The van der Waals surface area contributed by atoms with E-state index in [1.807, 2.05) is 37.3 Å². The van der Waals surface area contributed by atoms with Crippen molar-refractivity contribution in [2.75, 3.05) is 0 Å². The number of amides is 2. The van der Waals surface area contributed by atoms with Gasteiger partial charge in [-0.1, -0.05) is 30.3 Å². The average molecular weight is 288 g/mol. The molecule has 3 rings (SSSR count). The lowest BCUT2D eigenvalue weighted by molar-refractivity contribution is -0.142. The first-order valence-corrected chi connectivity index (χ1v) is 7.44. The van der Waals surface area contributed by atoms with E-state index in [1.54, 1.807) is 4.90 Å². The molecule has 2 aliphatic rings. The molecule has 112 valence electrons. The van der Waals surface area contributed by atoms with Crippen molar-refractivity contribution in [3.05, 3.63) is 35.9 Å². The smallest absolute Gasteiger partial charge is 0.318 e. The predicted molar refractivity (Wildman–Crippen MR) is 77.8 cm³/mol. The van der Waals surface area contributed by atoms with Gasteiger partial charge in [0.25, 0.3) is 0 Å². The number of benzene rings is 1. The first-order valence-electron chi connectivity index (χ1n) is 7.44. The molecule has 2 bridgehead atoms. The fourth-order valence-corrected chi connectivity index (χ4v) is 3.66. The highest BCUT2D eigenvalue weighted by Crippen LogP contribution is 2.41. The molecule has 2 heterocycles. The zero-order chi connectivity index (χ0) is 15.0. The largest absolute Gasteiger partial charge is 0.481 e. The number of hydrogen-bond donors (Lipinski definition) is 2. The van der Waals surface area contributed by atoms with Crippen molar-refractivity contribution in [2.24, 2.45) is 5.92 Å². The van der Waals surface area contributed by atoms with Crippen LogP contribution in [0, 0.1) is 5.92 Å². The SMILES string of the molecule is CC(NC(=O)N1C2CCC1C(C(=O)O)C2)c1ccccc1. The molecule has 0 saturated carbocycles. The maximum absolute atomic E-state index is 12.5. The summed E-state index contributed by atoms with van der Waals surface area (Å²) in [5.74, 6) is -1.18. The van der Waals surface area contributed by atoms with E-state index in [4.69, 9.17) is 0 Å². The van der Waals surface area contributed by atoms with E-state index in [0.717, 1.165) is 18.4 Å². The molecule has 2 saturated heterocycles. The molecule has 5 heteroatoms. The quantitative estimate of drug-likeness (QED) is 0.897. The van der Waals surface area contributed by atoms with Crippen LogP contribution in [0.4, 0.5) is 4.79 Å². The molecule has 21 heavy (non-hydrogen) atoms. The molecule has 0 aromatic heterocycles. The van der Waals surface area contributed by atoms with Crippen LogP contribution in [-0.4, -0.2) is 34.1 Å². The van der Waals surface area contributed by atoms with Gasteiger partial charge in [-0.15, -0.1) is 0 Å². The van der Waals surface area contributed by atoms with Crippen molar-refractivity contribution in [3.8, 4) is 0 Å². The number of carboxylic acids is 1. The second-order valence-electron chi connectivity index (χ2n) is 5.97. The third-order valence-electron chi connectivity index (χ3n) is 4.73. The number of rotatable bonds is 3. The summed E-state index contributed by atoms with van der Waals surface area (Å²) >= 11 is 0. The first-order chi connectivity index (χ1) is 10.1. The fourth-order valence-electron chi connectivity index (χ4n) is 3.66. The molecule has 2 aliphatic heterocycles. The molecular formula is C16H20N2O3. The highest BCUT2D eigenvalue weighted by Gasteiger charge is 2.51. The standard InChI is InChI=1S/C16H20N2O3/c1-10(11-5-3-2-4-6-11)17-16(21)18-12-7-8-14(18)13(9-12)15(19)20/h2-6,10,12-14H,7-9H2,1H3,(H,17,21)(H,19,20). The summed E-state index contributed by atoms with van der Waals surface area (Å²) in [5.41, 5.74) is 1.05. The molecule has 0 aliphatic carbocycles. The predicted octanol–water partition coefficient (Wildman–Crippen LogP) is 2.39. The van der Waals surface area contributed by atoms with Crippen LogP contribution < -0.4 is 5.32 Å². The van der Waals surface area contributed by atoms with Crippen molar-refractivity contribution >= 4 is 12.0 Å². The van der Waals surface area contributed by atoms with Crippen LogP contribution in [0.1, 0.15) is 37.8 Å². The van der Waals surface area contributed by atoms with Crippen LogP contribution in [0.3, 0.4) is 0 Å². The lowest BCUT2D eigenvalue weighted by Crippen LogP contribution is -2.45. The van der Waals surface area contributed by atoms with E-state index in [2.05, 4.69) is 5.32 Å². The molecule has 5 nitrogen and oxygen atoms in total. The van der Waals surface area contributed by atoms with E-state index in [9.17, 15) is 14.7 Å². The highest BCUT2D eigenvalue weighted by molar-refractivity contribution is 5.79. The van der Waals surface area contributed by atoms with Crippen molar-refractivity contribution in [1.29, 1.82) is 0 Å². The Kier molecular flexibility index (Phi) is 3.57. The number of hydrogen-bond acceptors (Lipinski definition) is 2. The normalized spacial score (nSPS) is 28.4. The minimum Gasteiger partial charge on any atom is -0.481 e. The van der Waals surface area contributed by atoms with Gasteiger partial charge in [0.1, 0.15) is 0 Å². The van der Waals surface area contributed by atoms with Gasteiger partial charge in [0, 0.05) is 12.1 Å². The Bertz CT molecular complexity index is 546. The van der Waals surface area contributed by atoms with E-state index < -0.39 is 11.9 Å². The maximum Gasteiger partial charge on any atom is 0.318 e. The topological polar surface area (TPSA) is 69.6 Å². The minimum absolute atomic E-state index is 0.0815. The van der Waals surface area contributed by atoms with E-state index >= 15 is 0 Å². The van der Waals surface area contributed by atoms with Gasteiger partial charge >= 0.3 is 12.0 Å². The third-order valence-corrected chi connectivity index (χ3v) is 4.73. The maximum atomic E-state index is 12.5. The van der Waals surface area contributed by atoms with Crippen molar-refractivity contribution in [3.63, 3.8) is 0 Å². The lowest BCUT2D eigenvalue weighted by atomic mass is 9.89. The number of fused-ring (bicyclic) bond motifs is 2.